The number of hydrogen-bond donors (Lipinski definition) is 2. The maximum atomic E-state index is 14.1. The van der Waals surface area contributed by atoms with Crippen molar-refractivity contribution in [3.8, 4) is 5.75 Å². The SMILES string of the molecule is CCOC(=O)NCCN1C(=O)C(C)(C)Oc2cc(CC)c(C(=O)N(C(C)C)[C@@H]3CCCN(C(=O)O)C3)cc21. The molecule has 0 spiro atoms. The van der Waals surface area contributed by atoms with E-state index >= 15 is 0 Å². The predicted octanol–water partition coefficient (Wildman–Crippen LogP) is 3.49. The molecule has 11 nitrogen and oxygen atoms in total. The van der Waals surface area contributed by atoms with E-state index in [2.05, 4.69) is 5.32 Å². The molecule has 2 N–H and O–H groups in total. The second kappa shape index (κ2) is 11.9. The number of likely N-dealkylation sites (tertiary alicyclic amines) is 1. The Morgan fingerprint density at radius 3 is 2.58 bits per heavy atom. The minimum Gasteiger partial charge on any atom is -0.476 e. The first-order chi connectivity index (χ1) is 17.9. The van der Waals surface area contributed by atoms with E-state index in [0.29, 0.717) is 42.8 Å². The van der Waals surface area contributed by atoms with Gasteiger partial charge in [-0.2, -0.15) is 0 Å². The van der Waals surface area contributed by atoms with Gasteiger partial charge in [-0.05, 0) is 71.6 Å². The summed E-state index contributed by atoms with van der Waals surface area (Å²) < 4.78 is 11.0. The Morgan fingerprint density at radius 2 is 1.97 bits per heavy atom. The monoisotopic (exact) mass is 532 g/mol. The number of benzene rings is 1. The summed E-state index contributed by atoms with van der Waals surface area (Å²) in [6, 6.07) is 3.09. The second-order valence-electron chi connectivity index (χ2n) is 10.4. The summed E-state index contributed by atoms with van der Waals surface area (Å²) in [6.07, 6.45) is 0.395. The maximum Gasteiger partial charge on any atom is 0.407 e. The fourth-order valence-electron chi connectivity index (χ4n) is 5.14. The molecule has 0 bridgehead atoms. The van der Waals surface area contributed by atoms with E-state index in [1.165, 1.54) is 9.80 Å². The van der Waals surface area contributed by atoms with Crippen molar-refractivity contribution in [2.75, 3.05) is 37.7 Å². The number of anilines is 1. The molecule has 1 fully saturated rings. The molecule has 2 heterocycles. The largest absolute Gasteiger partial charge is 0.476 e. The van der Waals surface area contributed by atoms with Gasteiger partial charge in [0.2, 0.25) is 0 Å². The van der Waals surface area contributed by atoms with E-state index in [1.54, 1.807) is 31.7 Å². The van der Waals surface area contributed by atoms with Gasteiger partial charge in [-0.1, -0.05) is 6.92 Å². The van der Waals surface area contributed by atoms with E-state index in [0.717, 1.165) is 5.56 Å². The Balaban J connectivity index is 1.98. The van der Waals surface area contributed by atoms with Crippen LogP contribution in [0.4, 0.5) is 15.3 Å². The Morgan fingerprint density at radius 1 is 1.26 bits per heavy atom. The van der Waals surface area contributed by atoms with E-state index in [1.807, 2.05) is 26.8 Å². The zero-order chi connectivity index (χ0) is 28.2. The van der Waals surface area contributed by atoms with Gasteiger partial charge >= 0.3 is 12.2 Å². The van der Waals surface area contributed by atoms with Crippen molar-refractivity contribution in [1.82, 2.24) is 15.1 Å². The average molecular weight is 533 g/mol. The number of ether oxygens (including phenoxy) is 2. The lowest BCUT2D eigenvalue weighted by Crippen LogP contribution is -2.55. The third kappa shape index (κ3) is 6.14. The van der Waals surface area contributed by atoms with Crippen LogP contribution in [0.1, 0.15) is 70.3 Å². The molecule has 11 heteroatoms. The molecular formula is C27H40N4O7. The Bertz CT molecular complexity index is 1070. The van der Waals surface area contributed by atoms with Gasteiger partial charge in [-0.25, -0.2) is 9.59 Å². The lowest BCUT2D eigenvalue weighted by molar-refractivity contribution is -0.132. The van der Waals surface area contributed by atoms with Crippen molar-refractivity contribution < 1.29 is 33.8 Å². The number of aryl methyl sites for hydroxylation is 1. The van der Waals surface area contributed by atoms with Crippen molar-refractivity contribution in [2.45, 2.75) is 78.5 Å². The quantitative estimate of drug-likeness (QED) is 0.524. The molecule has 1 saturated heterocycles. The number of piperidine rings is 1. The van der Waals surface area contributed by atoms with Gasteiger partial charge in [0.15, 0.2) is 5.60 Å². The highest BCUT2D eigenvalue weighted by Crippen LogP contribution is 2.40. The molecule has 4 amide bonds. The summed E-state index contributed by atoms with van der Waals surface area (Å²) in [5.41, 5.74) is 0.562. The van der Waals surface area contributed by atoms with Crippen LogP contribution in [0.15, 0.2) is 12.1 Å². The first-order valence-corrected chi connectivity index (χ1v) is 13.3. The summed E-state index contributed by atoms with van der Waals surface area (Å²) in [4.78, 5) is 55.4. The Labute approximate surface area is 224 Å². The third-order valence-electron chi connectivity index (χ3n) is 6.94. The molecule has 0 unspecified atom stereocenters. The number of amides is 4. The van der Waals surface area contributed by atoms with Gasteiger partial charge in [-0.15, -0.1) is 0 Å². The maximum absolute atomic E-state index is 14.1. The van der Waals surface area contributed by atoms with Crippen LogP contribution in [0.25, 0.3) is 0 Å². The first kappa shape index (κ1) is 29.1. The van der Waals surface area contributed by atoms with Gasteiger partial charge in [-0.3, -0.25) is 9.59 Å². The van der Waals surface area contributed by atoms with Gasteiger partial charge in [0.1, 0.15) is 5.75 Å². The van der Waals surface area contributed by atoms with Crippen LogP contribution in [0, 0.1) is 0 Å². The molecular weight excluding hydrogens is 492 g/mol. The number of hydrogen-bond acceptors (Lipinski definition) is 6. The summed E-state index contributed by atoms with van der Waals surface area (Å²) in [5.74, 6) is -0.00729. The fourth-order valence-corrected chi connectivity index (χ4v) is 5.14. The highest BCUT2D eigenvalue weighted by Gasteiger charge is 2.42. The van der Waals surface area contributed by atoms with Gasteiger partial charge in [0.05, 0.1) is 18.3 Å². The summed E-state index contributed by atoms with van der Waals surface area (Å²) in [5, 5.41) is 12.2. The van der Waals surface area contributed by atoms with E-state index < -0.39 is 17.8 Å². The molecule has 0 saturated carbocycles. The molecule has 3 rings (SSSR count). The molecule has 210 valence electrons. The lowest BCUT2D eigenvalue weighted by Gasteiger charge is -2.42. The lowest BCUT2D eigenvalue weighted by atomic mass is 9.96. The molecule has 1 atom stereocenters. The minimum absolute atomic E-state index is 0.157. The molecule has 2 aliphatic heterocycles. The van der Waals surface area contributed by atoms with Crippen molar-refractivity contribution in [2.24, 2.45) is 0 Å². The number of nitrogens with zero attached hydrogens (tertiary/aromatic N) is 3. The third-order valence-corrected chi connectivity index (χ3v) is 6.94. The second-order valence-corrected chi connectivity index (χ2v) is 10.4. The summed E-state index contributed by atoms with van der Waals surface area (Å²) >= 11 is 0. The molecule has 0 aliphatic carbocycles. The van der Waals surface area contributed by atoms with Crippen LogP contribution in [0.5, 0.6) is 5.75 Å². The van der Waals surface area contributed by atoms with E-state index in [-0.39, 0.29) is 50.1 Å². The number of rotatable bonds is 8. The molecule has 1 aromatic rings. The number of carbonyl (C=O) groups is 4. The summed E-state index contributed by atoms with van der Waals surface area (Å²) in [7, 11) is 0. The van der Waals surface area contributed by atoms with Crippen LogP contribution in [-0.4, -0.2) is 89.4 Å². The number of alkyl carbamates (subject to hydrolysis) is 1. The predicted molar refractivity (Wildman–Crippen MR) is 142 cm³/mol. The molecule has 38 heavy (non-hydrogen) atoms. The fraction of sp³-hybridized carbons (Fsp3) is 0.630. The van der Waals surface area contributed by atoms with Gasteiger partial charge in [0.25, 0.3) is 11.8 Å². The van der Waals surface area contributed by atoms with Gasteiger partial charge < -0.3 is 34.6 Å². The van der Waals surface area contributed by atoms with E-state index in [4.69, 9.17) is 9.47 Å². The molecule has 1 aromatic carbocycles. The number of carbonyl (C=O) groups excluding carboxylic acids is 3. The van der Waals surface area contributed by atoms with Gasteiger partial charge in [0, 0.05) is 37.8 Å². The highest BCUT2D eigenvalue weighted by molar-refractivity contribution is 6.05. The normalized spacial score (nSPS) is 18.5. The minimum atomic E-state index is -1.13. The van der Waals surface area contributed by atoms with Crippen molar-refractivity contribution in [3.05, 3.63) is 23.3 Å². The zero-order valence-corrected chi connectivity index (χ0v) is 23.2. The van der Waals surface area contributed by atoms with Crippen molar-refractivity contribution >= 4 is 29.7 Å². The van der Waals surface area contributed by atoms with Crippen LogP contribution < -0.4 is 15.0 Å². The zero-order valence-electron chi connectivity index (χ0n) is 23.2. The first-order valence-electron chi connectivity index (χ1n) is 13.3. The average Bonchev–Trinajstić information content (AvgIpc) is 2.85. The summed E-state index contributed by atoms with van der Waals surface area (Å²) in [6.45, 7) is 12.1. The van der Waals surface area contributed by atoms with Crippen LogP contribution in [-0.2, 0) is 16.0 Å². The molecule has 0 aromatic heterocycles. The topological polar surface area (TPSA) is 129 Å². The number of carboxylic acid groups (broad SMARTS) is 1. The standard InChI is InChI=1S/C27H40N4O7/c1-7-18-14-22-21(30(24(33)27(5,6)38-22)13-11-28-25(34)37-8-2)15-20(18)23(32)31(17(3)4)19-10-9-12-29(16-19)26(35)36/h14-15,17,19H,7-13,16H2,1-6H3,(H,28,34)(H,35,36)/t19-/m1/s1. The van der Waals surface area contributed by atoms with Crippen LogP contribution in [0.2, 0.25) is 0 Å². The highest BCUT2D eigenvalue weighted by atomic mass is 16.5. The number of nitrogens with one attached hydrogen (secondary N) is 1. The molecule has 2 aliphatic rings. The van der Waals surface area contributed by atoms with Crippen LogP contribution in [0.3, 0.4) is 0 Å². The number of fused-ring (bicyclic) bond motifs is 1. The van der Waals surface area contributed by atoms with Crippen molar-refractivity contribution in [1.29, 1.82) is 0 Å². The Kier molecular flexibility index (Phi) is 9.11. The smallest absolute Gasteiger partial charge is 0.407 e. The molecule has 0 radical (unpaired) electrons. The van der Waals surface area contributed by atoms with E-state index in [9.17, 15) is 24.3 Å². The van der Waals surface area contributed by atoms with Crippen LogP contribution >= 0.6 is 0 Å². The van der Waals surface area contributed by atoms with Crippen molar-refractivity contribution in [3.63, 3.8) is 0 Å². The Hall–Kier alpha value is -3.50.